The van der Waals surface area contributed by atoms with Gasteiger partial charge < -0.3 is 5.32 Å². The molecule has 1 heterocycles. The molecule has 100 valence electrons. The van der Waals surface area contributed by atoms with Gasteiger partial charge in [-0.05, 0) is 30.2 Å². The van der Waals surface area contributed by atoms with Crippen molar-refractivity contribution in [3.05, 3.63) is 54.9 Å². The molecule has 1 aromatic heterocycles. The molecular formula is C17H17N3. The van der Waals surface area contributed by atoms with Crippen LogP contribution in [0, 0.1) is 0 Å². The first-order valence-electron chi connectivity index (χ1n) is 6.81. The van der Waals surface area contributed by atoms with Crippen LogP contribution in [0.15, 0.2) is 54.9 Å². The molecular weight excluding hydrogens is 246 g/mol. The molecule has 1 N–H and O–H groups in total. The monoisotopic (exact) mass is 263 g/mol. The van der Waals surface area contributed by atoms with Crippen LogP contribution in [0.1, 0.15) is 13.8 Å². The molecule has 0 aliphatic carbocycles. The average molecular weight is 263 g/mol. The number of nitrogens with zero attached hydrogens (tertiary/aromatic N) is 2. The van der Waals surface area contributed by atoms with Gasteiger partial charge in [0.15, 0.2) is 0 Å². The molecule has 0 saturated carbocycles. The summed E-state index contributed by atoms with van der Waals surface area (Å²) in [7, 11) is 0. The molecule has 3 nitrogen and oxygen atoms in total. The number of aromatic nitrogens is 2. The zero-order valence-electron chi connectivity index (χ0n) is 11.7. The van der Waals surface area contributed by atoms with Gasteiger partial charge in [-0.1, -0.05) is 42.5 Å². The van der Waals surface area contributed by atoms with Gasteiger partial charge in [-0.2, -0.15) is 0 Å². The van der Waals surface area contributed by atoms with Crippen LogP contribution in [0.2, 0.25) is 0 Å². The highest BCUT2D eigenvalue weighted by molar-refractivity contribution is 5.96. The van der Waals surface area contributed by atoms with E-state index in [1.54, 1.807) is 0 Å². The topological polar surface area (TPSA) is 37.8 Å². The molecule has 0 atom stereocenters. The smallest absolute Gasteiger partial charge is 0.222 e. The highest BCUT2D eigenvalue weighted by Gasteiger charge is 2.05. The van der Waals surface area contributed by atoms with Crippen LogP contribution in [0.4, 0.5) is 5.95 Å². The Bertz CT molecular complexity index is 712. The molecule has 0 amide bonds. The summed E-state index contributed by atoms with van der Waals surface area (Å²) in [5, 5.41) is 5.65. The Labute approximate surface area is 118 Å². The lowest BCUT2D eigenvalue weighted by atomic mass is 10.0. The van der Waals surface area contributed by atoms with Gasteiger partial charge in [0.1, 0.15) is 0 Å². The molecule has 0 bridgehead atoms. The van der Waals surface area contributed by atoms with Crippen LogP contribution >= 0.6 is 0 Å². The van der Waals surface area contributed by atoms with E-state index in [4.69, 9.17) is 0 Å². The second-order valence-corrected chi connectivity index (χ2v) is 5.12. The predicted molar refractivity (Wildman–Crippen MR) is 83.7 cm³/mol. The Morgan fingerprint density at radius 3 is 2.35 bits per heavy atom. The highest BCUT2D eigenvalue weighted by Crippen LogP contribution is 2.27. The van der Waals surface area contributed by atoms with Crippen molar-refractivity contribution < 1.29 is 0 Å². The molecule has 0 saturated heterocycles. The Kier molecular flexibility index (Phi) is 3.33. The fourth-order valence-electron chi connectivity index (χ4n) is 2.28. The first-order valence-corrected chi connectivity index (χ1v) is 6.81. The third kappa shape index (κ3) is 2.48. The minimum absolute atomic E-state index is 0.332. The number of anilines is 1. The summed E-state index contributed by atoms with van der Waals surface area (Å²) in [6.45, 7) is 4.14. The molecule has 0 fully saturated rings. The Morgan fingerprint density at radius 2 is 1.60 bits per heavy atom. The van der Waals surface area contributed by atoms with Gasteiger partial charge in [-0.15, -0.1) is 0 Å². The maximum Gasteiger partial charge on any atom is 0.222 e. The summed E-state index contributed by atoms with van der Waals surface area (Å²) in [4.78, 5) is 8.76. The first kappa shape index (κ1) is 12.6. The van der Waals surface area contributed by atoms with Crippen LogP contribution < -0.4 is 5.32 Å². The van der Waals surface area contributed by atoms with E-state index in [0.29, 0.717) is 12.0 Å². The number of hydrogen-bond donors (Lipinski definition) is 1. The molecule has 3 rings (SSSR count). The average Bonchev–Trinajstić information content (AvgIpc) is 2.47. The minimum Gasteiger partial charge on any atom is -0.352 e. The van der Waals surface area contributed by atoms with Gasteiger partial charge in [-0.3, -0.25) is 0 Å². The van der Waals surface area contributed by atoms with Crippen molar-refractivity contribution >= 4 is 16.7 Å². The molecule has 0 spiro atoms. The maximum atomic E-state index is 4.38. The number of fused-ring (bicyclic) bond motifs is 1. The fraction of sp³-hybridized carbons (Fsp3) is 0.176. The minimum atomic E-state index is 0.332. The van der Waals surface area contributed by atoms with Crippen molar-refractivity contribution in [3.63, 3.8) is 0 Å². The molecule has 0 aliphatic rings. The second kappa shape index (κ2) is 5.29. The summed E-state index contributed by atoms with van der Waals surface area (Å²) in [5.41, 5.74) is 2.20. The van der Waals surface area contributed by atoms with E-state index in [1.807, 2.05) is 12.4 Å². The van der Waals surface area contributed by atoms with E-state index in [9.17, 15) is 0 Å². The van der Waals surface area contributed by atoms with Gasteiger partial charge in [0.2, 0.25) is 5.95 Å². The van der Waals surface area contributed by atoms with E-state index in [2.05, 4.69) is 71.6 Å². The van der Waals surface area contributed by atoms with Crippen LogP contribution in [0.3, 0.4) is 0 Å². The summed E-state index contributed by atoms with van der Waals surface area (Å²) in [6, 6.07) is 15.0. The van der Waals surface area contributed by atoms with Crippen LogP contribution in [0.5, 0.6) is 0 Å². The van der Waals surface area contributed by atoms with Gasteiger partial charge in [0, 0.05) is 24.0 Å². The van der Waals surface area contributed by atoms with Gasteiger partial charge in [0.05, 0.1) is 0 Å². The normalized spacial score (nSPS) is 10.9. The number of nitrogens with one attached hydrogen (secondary N) is 1. The third-order valence-corrected chi connectivity index (χ3v) is 3.17. The molecule has 0 radical (unpaired) electrons. The summed E-state index contributed by atoms with van der Waals surface area (Å²) < 4.78 is 0. The summed E-state index contributed by atoms with van der Waals surface area (Å²) in [6.07, 6.45) is 3.75. The number of rotatable bonds is 3. The summed E-state index contributed by atoms with van der Waals surface area (Å²) >= 11 is 0. The predicted octanol–water partition coefficient (Wildman–Crippen LogP) is 4.12. The second-order valence-electron chi connectivity index (χ2n) is 5.12. The molecule has 20 heavy (non-hydrogen) atoms. The lowest BCUT2D eigenvalue weighted by molar-refractivity contribution is 0.874. The molecule has 3 aromatic rings. The van der Waals surface area contributed by atoms with E-state index < -0.39 is 0 Å². The highest BCUT2D eigenvalue weighted by atomic mass is 15.1. The summed E-state index contributed by atoms with van der Waals surface area (Å²) in [5.74, 6) is 0.670. The van der Waals surface area contributed by atoms with E-state index in [1.165, 1.54) is 16.3 Å². The van der Waals surface area contributed by atoms with Crippen molar-refractivity contribution in [2.45, 2.75) is 19.9 Å². The van der Waals surface area contributed by atoms with Crippen molar-refractivity contribution in [2.75, 3.05) is 5.32 Å². The van der Waals surface area contributed by atoms with E-state index in [0.717, 1.165) is 5.56 Å². The first-order chi connectivity index (χ1) is 9.74. The Hall–Kier alpha value is -2.42. The number of hydrogen-bond acceptors (Lipinski definition) is 3. The fourth-order valence-corrected chi connectivity index (χ4v) is 2.28. The van der Waals surface area contributed by atoms with Gasteiger partial charge in [-0.25, -0.2) is 9.97 Å². The third-order valence-electron chi connectivity index (χ3n) is 3.17. The Balaban J connectivity index is 2.03. The number of benzene rings is 2. The van der Waals surface area contributed by atoms with Crippen molar-refractivity contribution in [3.8, 4) is 11.1 Å². The lowest BCUT2D eigenvalue weighted by Gasteiger charge is -2.09. The standard InChI is InChI=1S/C17H17N3/c1-12(2)20-17-18-10-14(11-19-17)16-9-5-7-13-6-3-4-8-15(13)16/h3-12H,1-2H3,(H,18,19,20). The quantitative estimate of drug-likeness (QED) is 0.772. The van der Waals surface area contributed by atoms with Gasteiger partial charge in [0.25, 0.3) is 0 Å². The SMILES string of the molecule is CC(C)Nc1ncc(-c2cccc3ccccc23)cn1. The molecule has 3 heteroatoms. The van der Waals surface area contributed by atoms with Gasteiger partial charge >= 0.3 is 0 Å². The Morgan fingerprint density at radius 1 is 0.900 bits per heavy atom. The van der Waals surface area contributed by atoms with Crippen molar-refractivity contribution in [2.24, 2.45) is 0 Å². The zero-order chi connectivity index (χ0) is 13.9. The van der Waals surface area contributed by atoms with E-state index in [-0.39, 0.29) is 0 Å². The van der Waals surface area contributed by atoms with Crippen LogP contribution in [-0.4, -0.2) is 16.0 Å². The maximum absolute atomic E-state index is 4.38. The zero-order valence-corrected chi connectivity index (χ0v) is 11.7. The van der Waals surface area contributed by atoms with E-state index >= 15 is 0 Å². The lowest BCUT2D eigenvalue weighted by Crippen LogP contribution is -2.12. The molecule has 0 unspecified atom stereocenters. The molecule has 2 aromatic carbocycles. The largest absolute Gasteiger partial charge is 0.352 e. The van der Waals surface area contributed by atoms with Crippen LogP contribution in [0.25, 0.3) is 21.9 Å². The van der Waals surface area contributed by atoms with Crippen LogP contribution in [-0.2, 0) is 0 Å². The van der Waals surface area contributed by atoms with Crippen molar-refractivity contribution in [1.82, 2.24) is 9.97 Å². The van der Waals surface area contributed by atoms with Crippen molar-refractivity contribution in [1.29, 1.82) is 0 Å². The molecule has 0 aliphatic heterocycles.